The second-order valence-electron chi connectivity index (χ2n) is 6.58. The fourth-order valence-corrected chi connectivity index (χ4v) is 4.62. The molecule has 0 aliphatic carbocycles. The van der Waals surface area contributed by atoms with E-state index in [1.54, 1.807) is 22.2 Å². The van der Waals surface area contributed by atoms with Crippen molar-refractivity contribution in [2.75, 3.05) is 13.6 Å². The number of ether oxygens (including phenoxy) is 1. The van der Waals surface area contributed by atoms with E-state index in [0.29, 0.717) is 5.82 Å². The van der Waals surface area contributed by atoms with Gasteiger partial charge in [-0.15, -0.1) is 16.4 Å². The smallest absolute Gasteiger partial charge is 0.189 e. The molecule has 0 atom stereocenters. The van der Waals surface area contributed by atoms with Crippen LogP contribution in [-0.4, -0.2) is 38.1 Å². The van der Waals surface area contributed by atoms with Gasteiger partial charge in [-0.2, -0.15) is 0 Å². The normalized spacial score (nSPS) is 14.8. The number of hydrogen-bond acceptors (Lipinski definition) is 6. The number of likely N-dealkylation sites (N-methyl/N-ethyl adjacent to an activating group) is 1. The molecule has 1 aliphatic heterocycles. The summed E-state index contributed by atoms with van der Waals surface area (Å²) in [4.78, 5) is 13.7. The summed E-state index contributed by atoms with van der Waals surface area (Å²) in [5.41, 5.74) is 2.02. The van der Waals surface area contributed by atoms with E-state index in [1.165, 1.54) is 16.5 Å². The molecule has 0 fully saturated rings. The molecule has 4 aromatic rings. The molecule has 0 radical (unpaired) electrons. The van der Waals surface area contributed by atoms with E-state index in [9.17, 15) is 8.78 Å². The van der Waals surface area contributed by atoms with Crippen molar-refractivity contribution >= 4 is 27.2 Å². The van der Waals surface area contributed by atoms with Crippen LogP contribution in [0.5, 0.6) is 5.75 Å². The van der Waals surface area contributed by atoms with Crippen LogP contribution in [0.2, 0.25) is 0 Å². The van der Waals surface area contributed by atoms with Gasteiger partial charge >= 0.3 is 0 Å². The number of fused-ring (bicyclic) bond motifs is 5. The number of benzene rings is 1. The summed E-state index contributed by atoms with van der Waals surface area (Å²) >= 11 is 1.69. The zero-order valence-electron chi connectivity index (χ0n) is 14.4. The number of halogens is 2. The van der Waals surface area contributed by atoms with Crippen molar-refractivity contribution in [2.24, 2.45) is 0 Å². The van der Waals surface area contributed by atoms with Gasteiger partial charge in [0.2, 0.25) is 0 Å². The molecule has 3 aromatic heterocycles. The highest BCUT2D eigenvalue weighted by molar-refractivity contribution is 7.19. The van der Waals surface area contributed by atoms with Crippen molar-refractivity contribution in [3.63, 3.8) is 0 Å². The predicted octanol–water partition coefficient (Wildman–Crippen LogP) is 3.18. The molecule has 0 amide bonds. The van der Waals surface area contributed by atoms with Gasteiger partial charge in [-0.1, -0.05) is 0 Å². The van der Waals surface area contributed by atoms with Gasteiger partial charge < -0.3 is 9.64 Å². The van der Waals surface area contributed by atoms with Gasteiger partial charge in [0, 0.05) is 24.0 Å². The summed E-state index contributed by atoms with van der Waals surface area (Å²) in [5, 5.41) is 5.42. The first-order chi connectivity index (χ1) is 13.1. The van der Waals surface area contributed by atoms with Crippen LogP contribution in [0.25, 0.3) is 15.9 Å². The number of hydrogen-bond donors (Lipinski definition) is 0. The van der Waals surface area contributed by atoms with E-state index in [2.05, 4.69) is 27.0 Å². The Kier molecular flexibility index (Phi) is 3.80. The van der Waals surface area contributed by atoms with Crippen molar-refractivity contribution in [2.45, 2.75) is 19.6 Å². The van der Waals surface area contributed by atoms with Crippen molar-refractivity contribution in [3.05, 3.63) is 52.4 Å². The molecule has 9 heteroatoms. The Bertz CT molecular complexity index is 1170. The number of rotatable bonds is 3. The molecule has 6 nitrogen and oxygen atoms in total. The van der Waals surface area contributed by atoms with Crippen molar-refractivity contribution in [1.82, 2.24) is 24.5 Å². The average molecular weight is 387 g/mol. The first-order valence-electron chi connectivity index (χ1n) is 8.49. The molecular weight excluding hydrogens is 372 g/mol. The van der Waals surface area contributed by atoms with Crippen LogP contribution in [0, 0.1) is 11.6 Å². The van der Waals surface area contributed by atoms with Crippen molar-refractivity contribution in [1.29, 1.82) is 0 Å². The summed E-state index contributed by atoms with van der Waals surface area (Å²) in [5.74, 6) is -1.01. The maximum Gasteiger partial charge on any atom is 0.189 e. The molecule has 4 heterocycles. The van der Waals surface area contributed by atoms with Crippen molar-refractivity contribution < 1.29 is 13.5 Å². The van der Waals surface area contributed by atoms with Gasteiger partial charge in [0.05, 0.1) is 5.39 Å². The van der Waals surface area contributed by atoms with Gasteiger partial charge in [-0.05, 0) is 31.2 Å². The van der Waals surface area contributed by atoms with Gasteiger partial charge in [0.15, 0.2) is 23.0 Å². The lowest BCUT2D eigenvalue weighted by Crippen LogP contribution is -2.25. The molecule has 0 unspecified atom stereocenters. The standard InChI is InChI=1S/C18H15F2N5OS/c1-24-5-4-11-14(7-24)27-18-16(11)17-22-15(23-25(17)9-21-18)8-26-13-3-2-10(19)6-12(13)20/h2-3,6,9H,4-5,7-8H2,1H3. The van der Waals surface area contributed by atoms with Crippen LogP contribution in [0.1, 0.15) is 16.3 Å². The highest BCUT2D eigenvalue weighted by Gasteiger charge is 2.22. The Hall–Kier alpha value is -2.65. The van der Waals surface area contributed by atoms with Crippen LogP contribution < -0.4 is 4.74 Å². The predicted molar refractivity (Wildman–Crippen MR) is 96.9 cm³/mol. The molecule has 1 aromatic carbocycles. The third kappa shape index (κ3) is 2.83. The molecule has 138 valence electrons. The molecule has 0 N–H and O–H groups in total. The Balaban J connectivity index is 1.50. The zero-order chi connectivity index (χ0) is 18.5. The summed E-state index contributed by atoms with van der Waals surface area (Å²) in [6.07, 6.45) is 2.59. The minimum Gasteiger partial charge on any atom is -0.482 e. The quantitative estimate of drug-likeness (QED) is 0.540. The molecular formula is C18H15F2N5OS. The lowest BCUT2D eigenvalue weighted by molar-refractivity contribution is 0.280. The number of aromatic nitrogens is 4. The van der Waals surface area contributed by atoms with E-state index in [0.717, 1.165) is 47.5 Å². The van der Waals surface area contributed by atoms with E-state index in [1.807, 2.05) is 0 Å². The molecule has 27 heavy (non-hydrogen) atoms. The Morgan fingerprint density at radius 2 is 2.19 bits per heavy atom. The van der Waals surface area contributed by atoms with Crippen LogP contribution in [-0.2, 0) is 19.6 Å². The van der Waals surface area contributed by atoms with Gasteiger partial charge in [-0.3, -0.25) is 0 Å². The lowest BCUT2D eigenvalue weighted by atomic mass is 10.1. The summed E-state index contributed by atoms with van der Waals surface area (Å²) < 4.78 is 33.8. The molecule has 5 rings (SSSR count). The Labute approximate surface area is 157 Å². The van der Waals surface area contributed by atoms with Crippen LogP contribution >= 0.6 is 11.3 Å². The second-order valence-corrected chi connectivity index (χ2v) is 7.66. The fourth-order valence-electron chi connectivity index (χ4n) is 3.36. The summed E-state index contributed by atoms with van der Waals surface area (Å²) in [6, 6.07) is 3.19. The van der Waals surface area contributed by atoms with Crippen LogP contribution in [0.3, 0.4) is 0 Å². The van der Waals surface area contributed by atoms with Crippen LogP contribution in [0.15, 0.2) is 24.5 Å². The summed E-state index contributed by atoms with van der Waals surface area (Å²) in [6.45, 7) is 1.89. The topological polar surface area (TPSA) is 55.6 Å². The fraction of sp³-hybridized carbons (Fsp3) is 0.278. The third-order valence-corrected chi connectivity index (χ3v) is 5.79. The minimum atomic E-state index is -0.751. The maximum absolute atomic E-state index is 13.7. The van der Waals surface area contributed by atoms with E-state index in [-0.39, 0.29) is 12.4 Å². The number of thiophene rings is 1. The Morgan fingerprint density at radius 1 is 1.30 bits per heavy atom. The van der Waals surface area contributed by atoms with Gasteiger partial charge in [-0.25, -0.2) is 23.3 Å². The van der Waals surface area contributed by atoms with Gasteiger partial charge in [0.1, 0.15) is 23.6 Å². The molecule has 1 aliphatic rings. The second kappa shape index (κ2) is 6.21. The molecule has 0 spiro atoms. The van der Waals surface area contributed by atoms with E-state index < -0.39 is 11.6 Å². The van der Waals surface area contributed by atoms with E-state index >= 15 is 0 Å². The highest BCUT2D eigenvalue weighted by Crippen LogP contribution is 2.35. The van der Waals surface area contributed by atoms with Gasteiger partial charge in [0.25, 0.3) is 0 Å². The SMILES string of the molecule is CN1CCc2c(sc3ncn4nc(COc5ccc(F)cc5F)nc4c23)C1. The Morgan fingerprint density at radius 3 is 3.04 bits per heavy atom. The molecule has 0 bridgehead atoms. The molecule has 0 saturated carbocycles. The minimum absolute atomic E-state index is 0.0131. The van der Waals surface area contributed by atoms with E-state index in [4.69, 9.17) is 4.74 Å². The molecule has 0 saturated heterocycles. The first-order valence-corrected chi connectivity index (χ1v) is 9.31. The first kappa shape index (κ1) is 16.5. The average Bonchev–Trinajstić information content (AvgIpc) is 3.20. The van der Waals surface area contributed by atoms with Crippen LogP contribution in [0.4, 0.5) is 8.78 Å². The largest absolute Gasteiger partial charge is 0.482 e. The number of nitrogens with zero attached hydrogens (tertiary/aromatic N) is 5. The highest BCUT2D eigenvalue weighted by atomic mass is 32.1. The monoisotopic (exact) mass is 387 g/mol. The zero-order valence-corrected chi connectivity index (χ0v) is 15.3. The lowest BCUT2D eigenvalue weighted by Gasteiger charge is -2.21. The third-order valence-electron chi connectivity index (χ3n) is 4.66. The maximum atomic E-state index is 13.7. The van der Waals surface area contributed by atoms with Crippen molar-refractivity contribution in [3.8, 4) is 5.75 Å². The summed E-state index contributed by atoms with van der Waals surface area (Å²) in [7, 11) is 2.11.